The molecule has 0 aliphatic rings. The van der Waals surface area contributed by atoms with Crippen molar-refractivity contribution in [1.29, 1.82) is 0 Å². The maximum Gasteiger partial charge on any atom is 0.132 e. The summed E-state index contributed by atoms with van der Waals surface area (Å²) in [6.07, 6.45) is 2.64. The highest BCUT2D eigenvalue weighted by molar-refractivity contribution is 6.29. The van der Waals surface area contributed by atoms with Gasteiger partial charge in [0.15, 0.2) is 0 Å². The lowest BCUT2D eigenvalue weighted by atomic mass is 10.2. The zero-order valence-electron chi connectivity index (χ0n) is 6.58. The number of carbonyl (C=O) groups is 1. The van der Waals surface area contributed by atoms with Crippen molar-refractivity contribution in [2.75, 3.05) is 7.11 Å². The molecule has 1 rings (SSSR count). The average Bonchev–Trinajstić information content (AvgIpc) is 2.08. The van der Waals surface area contributed by atoms with E-state index >= 15 is 0 Å². The largest absolute Gasteiger partial charge is 0.496 e. The quantitative estimate of drug-likeness (QED) is 0.529. The monoisotopic (exact) mass is 185 g/mol. The second-order valence-corrected chi connectivity index (χ2v) is 2.58. The van der Waals surface area contributed by atoms with Crippen molar-refractivity contribution < 1.29 is 9.53 Å². The Morgan fingerprint density at radius 3 is 3.08 bits per heavy atom. The van der Waals surface area contributed by atoms with Gasteiger partial charge in [0, 0.05) is 24.2 Å². The zero-order chi connectivity index (χ0) is 8.97. The van der Waals surface area contributed by atoms with E-state index in [2.05, 4.69) is 4.98 Å². The molecular formula is C8H8ClNO2. The molecule has 0 saturated carbocycles. The molecule has 3 nitrogen and oxygen atoms in total. The van der Waals surface area contributed by atoms with Crippen LogP contribution in [0, 0.1) is 0 Å². The molecule has 0 amide bonds. The molecule has 0 spiro atoms. The molecular weight excluding hydrogens is 178 g/mol. The van der Waals surface area contributed by atoms with Crippen molar-refractivity contribution >= 4 is 17.9 Å². The van der Waals surface area contributed by atoms with Crippen LogP contribution in [0.3, 0.4) is 0 Å². The van der Waals surface area contributed by atoms with Crippen LogP contribution in [-0.2, 0) is 11.2 Å². The first-order chi connectivity index (χ1) is 5.77. The molecule has 0 saturated heterocycles. The van der Waals surface area contributed by atoms with Crippen molar-refractivity contribution in [2.45, 2.75) is 6.42 Å². The van der Waals surface area contributed by atoms with Gasteiger partial charge < -0.3 is 9.53 Å². The predicted octanol–water partition coefficient (Wildman–Crippen LogP) is 1.49. The minimum Gasteiger partial charge on any atom is -0.496 e. The summed E-state index contributed by atoms with van der Waals surface area (Å²) in [5, 5.41) is 0.362. The number of rotatable bonds is 3. The first-order valence-corrected chi connectivity index (χ1v) is 3.77. The summed E-state index contributed by atoms with van der Waals surface area (Å²) in [4.78, 5) is 14.0. The van der Waals surface area contributed by atoms with Crippen LogP contribution in [-0.4, -0.2) is 18.4 Å². The Kier molecular flexibility index (Phi) is 3.05. The van der Waals surface area contributed by atoms with E-state index < -0.39 is 0 Å². The van der Waals surface area contributed by atoms with Crippen molar-refractivity contribution in [1.82, 2.24) is 4.98 Å². The summed E-state index contributed by atoms with van der Waals surface area (Å²) in [6.45, 7) is 0. The van der Waals surface area contributed by atoms with Gasteiger partial charge in [-0.05, 0) is 0 Å². The van der Waals surface area contributed by atoms with E-state index in [1.807, 2.05) is 0 Å². The Hall–Kier alpha value is -1.09. The molecule has 0 N–H and O–H groups in total. The maximum atomic E-state index is 10.2. The third-order valence-corrected chi connectivity index (χ3v) is 1.64. The molecule has 0 aliphatic carbocycles. The van der Waals surface area contributed by atoms with Gasteiger partial charge in [0.05, 0.1) is 7.11 Å². The van der Waals surface area contributed by atoms with Crippen LogP contribution in [0.1, 0.15) is 5.56 Å². The SMILES string of the molecule is COc1cc(Cl)ncc1CC=O. The van der Waals surface area contributed by atoms with Crippen molar-refractivity contribution in [3.63, 3.8) is 0 Å². The summed E-state index contributed by atoms with van der Waals surface area (Å²) < 4.78 is 5.00. The highest BCUT2D eigenvalue weighted by Crippen LogP contribution is 2.20. The summed E-state index contributed by atoms with van der Waals surface area (Å²) >= 11 is 5.62. The summed E-state index contributed by atoms with van der Waals surface area (Å²) in [5.74, 6) is 0.599. The van der Waals surface area contributed by atoms with Crippen LogP contribution in [0.25, 0.3) is 0 Å². The number of pyridine rings is 1. The fourth-order valence-electron chi connectivity index (χ4n) is 0.874. The molecule has 0 aliphatic heterocycles. The van der Waals surface area contributed by atoms with Gasteiger partial charge in [-0.3, -0.25) is 0 Å². The first-order valence-electron chi connectivity index (χ1n) is 3.40. The molecule has 1 aromatic rings. The molecule has 64 valence electrons. The molecule has 0 unspecified atom stereocenters. The molecule has 0 atom stereocenters. The van der Waals surface area contributed by atoms with Crippen LogP contribution in [0.5, 0.6) is 5.75 Å². The zero-order valence-corrected chi connectivity index (χ0v) is 7.34. The average molecular weight is 186 g/mol. The van der Waals surface area contributed by atoms with Gasteiger partial charge in [0.1, 0.15) is 17.2 Å². The first kappa shape index (κ1) is 9.00. The van der Waals surface area contributed by atoms with Gasteiger partial charge in [0.25, 0.3) is 0 Å². The van der Waals surface area contributed by atoms with E-state index in [1.54, 1.807) is 6.07 Å². The van der Waals surface area contributed by atoms with Crippen molar-refractivity contribution in [3.05, 3.63) is 23.0 Å². The van der Waals surface area contributed by atoms with Crippen LogP contribution in [0.15, 0.2) is 12.3 Å². The minimum atomic E-state index is 0.299. The highest BCUT2D eigenvalue weighted by atomic mass is 35.5. The smallest absolute Gasteiger partial charge is 0.132 e. The van der Waals surface area contributed by atoms with E-state index in [4.69, 9.17) is 16.3 Å². The van der Waals surface area contributed by atoms with Gasteiger partial charge in [-0.25, -0.2) is 4.98 Å². The second kappa shape index (κ2) is 4.07. The lowest BCUT2D eigenvalue weighted by Gasteiger charge is -2.04. The van der Waals surface area contributed by atoms with Crippen molar-refractivity contribution in [2.24, 2.45) is 0 Å². The lowest BCUT2D eigenvalue weighted by molar-refractivity contribution is -0.107. The molecule has 0 fully saturated rings. The molecule has 1 aromatic heterocycles. The lowest BCUT2D eigenvalue weighted by Crippen LogP contribution is -1.94. The minimum absolute atomic E-state index is 0.299. The number of ether oxygens (including phenoxy) is 1. The Balaban J connectivity index is 3.01. The number of hydrogen-bond donors (Lipinski definition) is 0. The Morgan fingerprint density at radius 2 is 2.50 bits per heavy atom. The van der Waals surface area contributed by atoms with E-state index in [-0.39, 0.29) is 0 Å². The van der Waals surface area contributed by atoms with Crippen LogP contribution in [0.4, 0.5) is 0 Å². The number of carbonyl (C=O) groups excluding carboxylic acids is 1. The normalized spacial score (nSPS) is 9.50. The number of halogens is 1. The standard InChI is InChI=1S/C8H8ClNO2/c1-12-7-4-8(9)10-5-6(7)2-3-11/h3-5H,2H2,1H3. The number of nitrogens with zero attached hydrogens (tertiary/aromatic N) is 1. The summed E-state index contributed by atoms with van der Waals surface area (Å²) in [5.41, 5.74) is 0.747. The van der Waals surface area contributed by atoms with Gasteiger partial charge in [-0.2, -0.15) is 0 Å². The van der Waals surface area contributed by atoms with E-state index in [0.29, 0.717) is 17.3 Å². The van der Waals surface area contributed by atoms with Gasteiger partial charge >= 0.3 is 0 Å². The third-order valence-electron chi connectivity index (χ3n) is 1.43. The van der Waals surface area contributed by atoms with Gasteiger partial charge in [-0.15, -0.1) is 0 Å². The molecule has 1 heterocycles. The van der Waals surface area contributed by atoms with E-state index in [0.717, 1.165) is 11.8 Å². The van der Waals surface area contributed by atoms with Crippen LogP contribution >= 0.6 is 11.6 Å². The van der Waals surface area contributed by atoms with Crippen molar-refractivity contribution in [3.8, 4) is 5.75 Å². The van der Waals surface area contributed by atoms with Gasteiger partial charge in [-0.1, -0.05) is 11.6 Å². The molecule has 12 heavy (non-hydrogen) atoms. The van der Waals surface area contributed by atoms with Crippen LogP contribution in [0.2, 0.25) is 5.15 Å². The molecule has 0 bridgehead atoms. The fourth-order valence-corrected chi connectivity index (χ4v) is 1.02. The third kappa shape index (κ3) is 1.95. The summed E-state index contributed by atoms with van der Waals surface area (Å²) in [6, 6.07) is 1.58. The molecule has 0 aromatic carbocycles. The maximum absolute atomic E-state index is 10.2. The number of hydrogen-bond acceptors (Lipinski definition) is 3. The van der Waals surface area contributed by atoms with E-state index in [1.165, 1.54) is 13.3 Å². The highest BCUT2D eigenvalue weighted by Gasteiger charge is 2.03. The van der Waals surface area contributed by atoms with Gasteiger partial charge in [0.2, 0.25) is 0 Å². The summed E-state index contributed by atoms with van der Waals surface area (Å²) in [7, 11) is 1.53. The Bertz CT molecular complexity index is 288. The number of aromatic nitrogens is 1. The Morgan fingerprint density at radius 1 is 1.75 bits per heavy atom. The van der Waals surface area contributed by atoms with Crippen LogP contribution < -0.4 is 4.74 Å². The topological polar surface area (TPSA) is 39.2 Å². The fraction of sp³-hybridized carbons (Fsp3) is 0.250. The molecule has 0 radical (unpaired) electrons. The number of methoxy groups -OCH3 is 1. The Labute approximate surface area is 75.3 Å². The second-order valence-electron chi connectivity index (χ2n) is 2.19. The van der Waals surface area contributed by atoms with E-state index in [9.17, 15) is 4.79 Å². The number of aldehydes is 1. The predicted molar refractivity (Wildman–Crippen MR) is 45.6 cm³/mol. The molecule has 4 heteroatoms.